The van der Waals surface area contributed by atoms with Gasteiger partial charge in [0.1, 0.15) is 5.75 Å². The standard InChI is InChI=1S/C21H32N2O3/c1-16-13-19(16)22-15-21(14-17-3-5-18(26-2)6-4-17)8-11-23(12-9-21)10-7-20(24)25/h3-6,16,19,22H,7-15H2,1-2H3,(H,24,25). The maximum Gasteiger partial charge on any atom is 0.304 e. The lowest BCUT2D eigenvalue weighted by Crippen LogP contribution is -2.47. The molecule has 0 aromatic heterocycles. The second-order valence-electron chi connectivity index (χ2n) is 8.21. The molecule has 0 bridgehead atoms. The number of methoxy groups -OCH3 is 1. The topological polar surface area (TPSA) is 61.8 Å². The zero-order valence-electron chi connectivity index (χ0n) is 16.0. The van der Waals surface area contributed by atoms with Crippen LogP contribution in [0.3, 0.4) is 0 Å². The molecule has 2 fully saturated rings. The van der Waals surface area contributed by atoms with Gasteiger partial charge in [0, 0.05) is 19.1 Å². The monoisotopic (exact) mass is 360 g/mol. The largest absolute Gasteiger partial charge is 0.497 e. The van der Waals surface area contributed by atoms with Gasteiger partial charge in [-0.25, -0.2) is 0 Å². The van der Waals surface area contributed by atoms with Crippen LogP contribution in [0.25, 0.3) is 0 Å². The fourth-order valence-electron chi connectivity index (χ4n) is 4.05. The summed E-state index contributed by atoms with van der Waals surface area (Å²) in [7, 11) is 1.70. The molecule has 0 spiro atoms. The third kappa shape index (κ3) is 5.21. The van der Waals surface area contributed by atoms with E-state index >= 15 is 0 Å². The highest BCUT2D eigenvalue weighted by Crippen LogP contribution is 2.37. The molecule has 1 saturated carbocycles. The first-order valence-electron chi connectivity index (χ1n) is 9.80. The van der Waals surface area contributed by atoms with Crippen LogP contribution in [-0.2, 0) is 11.2 Å². The van der Waals surface area contributed by atoms with E-state index in [1.54, 1.807) is 7.11 Å². The van der Waals surface area contributed by atoms with Gasteiger partial charge in [0.05, 0.1) is 13.5 Å². The Hall–Kier alpha value is -1.59. The zero-order chi connectivity index (χ0) is 18.6. The van der Waals surface area contributed by atoms with Crippen LogP contribution in [0, 0.1) is 11.3 Å². The summed E-state index contributed by atoms with van der Waals surface area (Å²) in [5.41, 5.74) is 1.62. The van der Waals surface area contributed by atoms with E-state index in [2.05, 4.69) is 29.3 Å². The van der Waals surface area contributed by atoms with Crippen LogP contribution in [0.5, 0.6) is 5.75 Å². The molecule has 5 nitrogen and oxygen atoms in total. The molecule has 5 heteroatoms. The number of nitrogens with zero attached hydrogens (tertiary/aromatic N) is 1. The first kappa shape index (κ1) is 19.2. The first-order chi connectivity index (χ1) is 12.5. The van der Waals surface area contributed by atoms with Crippen LogP contribution in [0.4, 0.5) is 0 Å². The third-order valence-electron chi connectivity index (χ3n) is 6.15. The minimum atomic E-state index is -0.704. The number of aliphatic carboxylic acids is 1. The average Bonchev–Trinajstić information content (AvgIpc) is 3.36. The lowest BCUT2D eigenvalue weighted by atomic mass is 9.73. The lowest BCUT2D eigenvalue weighted by molar-refractivity contribution is -0.137. The smallest absolute Gasteiger partial charge is 0.304 e. The van der Waals surface area contributed by atoms with Gasteiger partial charge in [-0.3, -0.25) is 4.79 Å². The lowest BCUT2D eigenvalue weighted by Gasteiger charge is -2.42. The number of nitrogens with one attached hydrogen (secondary N) is 1. The number of rotatable bonds is 9. The third-order valence-corrected chi connectivity index (χ3v) is 6.15. The molecule has 2 aliphatic rings. The molecule has 1 saturated heterocycles. The Labute approximate surface area is 156 Å². The zero-order valence-corrected chi connectivity index (χ0v) is 16.0. The van der Waals surface area contributed by atoms with Crippen molar-refractivity contribution in [2.45, 2.75) is 45.1 Å². The summed E-state index contributed by atoms with van der Waals surface area (Å²) in [4.78, 5) is 13.1. The fourth-order valence-corrected chi connectivity index (χ4v) is 4.05. The number of likely N-dealkylation sites (tertiary alicyclic amines) is 1. The van der Waals surface area contributed by atoms with Crippen molar-refractivity contribution < 1.29 is 14.6 Å². The van der Waals surface area contributed by atoms with Crippen molar-refractivity contribution in [1.29, 1.82) is 0 Å². The van der Waals surface area contributed by atoms with E-state index in [4.69, 9.17) is 9.84 Å². The number of hydrogen-bond acceptors (Lipinski definition) is 4. The first-order valence-corrected chi connectivity index (χ1v) is 9.80. The molecule has 144 valence electrons. The van der Waals surface area contributed by atoms with Gasteiger partial charge in [0.2, 0.25) is 0 Å². The fraction of sp³-hybridized carbons (Fsp3) is 0.667. The number of carboxylic acids is 1. The highest BCUT2D eigenvalue weighted by atomic mass is 16.5. The van der Waals surface area contributed by atoms with Crippen molar-refractivity contribution in [3.8, 4) is 5.75 Å². The highest BCUT2D eigenvalue weighted by molar-refractivity contribution is 5.66. The molecule has 1 heterocycles. The molecule has 1 aliphatic carbocycles. The van der Waals surface area contributed by atoms with Gasteiger partial charge in [-0.1, -0.05) is 19.1 Å². The van der Waals surface area contributed by atoms with Gasteiger partial charge < -0.3 is 20.1 Å². The van der Waals surface area contributed by atoms with E-state index in [0.717, 1.165) is 50.6 Å². The maximum atomic E-state index is 10.8. The van der Waals surface area contributed by atoms with Crippen molar-refractivity contribution in [3.05, 3.63) is 29.8 Å². The van der Waals surface area contributed by atoms with Crippen molar-refractivity contribution in [2.24, 2.45) is 11.3 Å². The summed E-state index contributed by atoms with van der Waals surface area (Å²) in [6.07, 6.45) is 4.84. The molecular weight excluding hydrogens is 328 g/mol. The SMILES string of the molecule is COc1ccc(CC2(CNC3CC3C)CCN(CCC(=O)O)CC2)cc1. The van der Waals surface area contributed by atoms with Crippen molar-refractivity contribution in [3.63, 3.8) is 0 Å². The van der Waals surface area contributed by atoms with Crippen LogP contribution in [0.15, 0.2) is 24.3 Å². The number of piperidine rings is 1. The minimum Gasteiger partial charge on any atom is -0.497 e. The number of carboxylic acid groups (broad SMARTS) is 1. The molecule has 2 unspecified atom stereocenters. The van der Waals surface area contributed by atoms with E-state index < -0.39 is 5.97 Å². The quantitative estimate of drug-likeness (QED) is 0.709. The summed E-state index contributed by atoms with van der Waals surface area (Å²) >= 11 is 0. The van der Waals surface area contributed by atoms with E-state index in [1.165, 1.54) is 12.0 Å². The van der Waals surface area contributed by atoms with Crippen molar-refractivity contribution in [2.75, 3.05) is 33.3 Å². The minimum absolute atomic E-state index is 0.239. The summed E-state index contributed by atoms with van der Waals surface area (Å²) in [5.74, 6) is 1.00. The molecule has 1 aromatic rings. The Morgan fingerprint density at radius 2 is 1.96 bits per heavy atom. The van der Waals surface area contributed by atoms with Gasteiger partial charge in [-0.15, -0.1) is 0 Å². The van der Waals surface area contributed by atoms with Crippen LogP contribution >= 0.6 is 0 Å². The Morgan fingerprint density at radius 3 is 2.50 bits per heavy atom. The van der Waals surface area contributed by atoms with Crippen LogP contribution in [0.2, 0.25) is 0 Å². The Morgan fingerprint density at radius 1 is 1.31 bits per heavy atom. The summed E-state index contributed by atoms with van der Waals surface area (Å²) in [6, 6.07) is 9.13. The summed E-state index contributed by atoms with van der Waals surface area (Å²) in [5, 5.41) is 12.7. The average molecular weight is 360 g/mol. The van der Waals surface area contributed by atoms with Gasteiger partial charge in [0.15, 0.2) is 0 Å². The predicted octanol–water partition coefficient (Wildman–Crippen LogP) is 2.79. The summed E-state index contributed by atoms with van der Waals surface area (Å²) < 4.78 is 5.28. The van der Waals surface area contributed by atoms with Crippen LogP contribution < -0.4 is 10.1 Å². The molecule has 1 aromatic carbocycles. The van der Waals surface area contributed by atoms with Gasteiger partial charge in [-0.2, -0.15) is 0 Å². The highest BCUT2D eigenvalue weighted by Gasteiger charge is 2.38. The number of benzene rings is 1. The van der Waals surface area contributed by atoms with E-state index in [-0.39, 0.29) is 11.8 Å². The maximum absolute atomic E-state index is 10.8. The van der Waals surface area contributed by atoms with Crippen LogP contribution in [-0.4, -0.2) is 55.3 Å². The molecule has 2 N–H and O–H groups in total. The van der Waals surface area contributed by atoms with Gasteiger partial charge in [-0.05, 0) is 67.8 Å². The van der Waals surface area contributed by atoms with Crippen molar-refractivity contribution >= 4 is 5.97 Å². The number of hydrogen-bond donors (Lipinski definition) is 2. The Balaban J connectivity index is 1.61. The predicted molar refractivity (Wildman–Crippen MR) is 103 cm³/mol. The normalized spacial score (nSPS) is 25.0. The molecule has 26 heavy (non-hydrogen) atoms. The molecule has 0 radical (unpaired) electrons. The Bertz CT molecular complexity index is 594. The van der Waals surface area contributed by atoms with E-state index in [9.17, 15) is 4.79 Å². The second-order valence-corrected chi connectivity index (χ2v) is 8.21. The molecular formula is C21H32N2O3. The Kier molecular flexibility index (Phi) is 6.20. The van der Waals surface area contributed by atoms with Gasteiger partial charge in [0.25, 0.3) is 0 Å². The number of carbonyl (C=O) groups is 1. The molecule has 2 atom stereocenters. The van der Waals surface area contributed by atoms with Crippen molar-refractivity contribution in [1.82, 2.24) is 10.2 Å². The molecule has 0 amide bonds. The van der Waals surface area contributed by atoms with Crippen LogP contribution in [0.1, 0.15) is 38.2 Å². The number of ether oxygens (including phenoxy) is 1. The molecule has 1 aliphatic heterocycles. The van der Waals surface area contributed by atoms with Gasteiger partial charge >= 0.3 is 5.97 Å². The summed E-state index contributed by atoms with van der Waals surface area (Å²) in [6.45, 7) is 6.01. The second kappa shape index (κ2) is 8.40. The van der Waals surface area contributed by atoms with E-state index in [1.807, 2.05) is 12.1 Å². The van der Waals surface area contributed by atoms with E-state index in [0.29, 0.717) is 12.6 Å². The molecule has 3 rings (SSSR count).